The molecule has 0 aromatic heterocycles. The molecule has 2 aromatic rings. The predicted octanol–water partition coefficient (Wildman–Crippen LogP) is 3.04. The highest BCUT2D eigenvalue weighted by molar-refractivity contribution is 5.56. The Balaban J connectivity index is 1.50. The van der Waals surface area contributed by atoms with Crippen LogP contribution in [0.4, 0.5) is 5.69 Å². The third kappa shape index (κ3) is 4.39. The highest BCUT2D eigenvalue weighted by atomic mass is 16.5. The van der Waals surface area contributed by atoms with Crippen molar-refractivity contribution in [2.45, 2.75) is 39.7 Å². The molecule has 0 radical (unpaired) electrons. The molecule has 0 amide bonds. The van der Waals surface area contributed by atoms with E-state index in [1.807, 2.05) is 0 Å². The molecule has 26 heavy (non-hydrogen) atoms. The number of piperazine rings is 1. The van der Waals surface area contributed by atoms with Crippen molar-refractivity contribution in [1.29, 1.82) is 0 Å². The number of quaternary nitrogens is 1. The second-order valence-corrected chi connectivity index (χ2v) is 7.65. The molecule has 0 spiro atoms. The van der Waals surface area contributed by atoms with E-state index in [1.54, 1.807) is 12.0 Å². The molecule has 1 fully saturated rings. The molecule has 3 nitrogen and oxygen atoms in total. The van der Waals surface area contributed by atoms with E-state index in [9.17, 15) is 0 Å². The summed E-state index contributed by atoms with van der Waals surface area (Å²) in [6.07, 6.45) is 2.39. The highest BCUT2D eigenvalue weighted by Crippen LogP contribution is 2.22. The molecule has 1 aliphatic heterocycles. The van der Waals surface area contributed by atoms with Crippen molar-refractivity contribution in [3.05, 3.63) is 59.2 Å². The molecule has 1 heterocycles. The second kappa shape index (κ2) is 8.59. The normalized spacial score (nSPS) is 16.5. The summed E-state index contributed by atoms with van der Waals surface area (Å²) in [7, 11) is 1.72. The summed E-state index contributed by atoms with van der Waals surface area (Å²) in [4.78, 5) is 4.32. The maximum atomic E-state index is 5.24. The van der Waals surface area contributed by atoms with E-state index in [0.29, 0.717) is 6.04 Å². The van der Waals surface area contributed by atoms with E-state index in [4.69, 9.17) is 4.74 Å². The first kappa shape index (κ1) is 18.8. The van der Waals surface area contributed by atoms with Crippen LogP contribution in [0.25, 0.3) is 0 Å². The summed E-state index contributed by atoms with van der Waals surface area (Å²) in [6.45, 7) is 11.7. The van der Waals surface area contributed by atoms with Crippen LogP contribution in [-0.4, -0.2) is 39.3 Å². The molecular weight excluding hydrogens is 320 g/mol. The summed E-state index contributed by atoms with van der Waals surface area (Å²) >= 11 is 0. The largest absolute Gasteiger partial charge is 0.497 e. The number of hydrogen-bond donors (Lipinski definition) is 1. The molecule has 3 heteroatoms. The van der Waals surface area contributed by atoms with Crippen molar-refractivity contribution >= 4 is 5.69 Å². The van der Waals surface area contributed by atoms with Gasteiger partial charge in [0.05, 0.1) is 39.3 Å². The van der Waals surface area contributed by atoms with Crippen LogP contribution < -0.4 is 14.5 Å². The van der Waals surface area contributed by atoms with Gasteiger partial charge in [-0.15, -0.1) is 0 Å². The third-order valence-electron chi connectivity index (χ3n) is 6.04. The lowest BCUT2D eigenvalue weighted by molar-refractivity contribution is -0.924. The number of aryl methyl sites for hydroxylation is 2. The van der Waals surface area contributed by atoms with Gasteiger partial charge in [0, 0.05) is 12.1 Å². The molecule has 1 saturated heterocycles. The van der Waals surface area contributed by atoms with Crippen LogP contribution in [-0.2, 0) is 6.42 Å². The Labute approximate surface area is 158 Å². The van der Waals surface area contributed by atoms with E-state index in [-0.39, 0.29) is 0 Å². The molecular formula is C23H33N2O+. The average molecular weight is 354 g/mol. The molecule has 1 N–H and O–H groups in total. The van der Waals surface area contributed by atoms with Crippen LogP contribution >= 0.6 is 0 Å². The molecule has 140 valence electrons. The molecule has 0 bridgehead atoms. The minimum absolute atomic E-state index is 0.706. The van der Waals surface area contributed by atoms with E-state index in [0.717, 1.165) is 25.3 Å². The topological polar surface area (TPSA) is 16.9 Å². The van der Waals surface area contributed by atoms with Gasteiger partial charge in [-0.3, -0.25) is 0 Å². The maximum Gasteiger partial charge on any atom is 0.118 e. The first-order chi connectivity index (χ1) is 12.6. The van der Waals surface area contributed by atoms with E-state index < -0.39 is 0 Å². The monoisotopic (exact) mass is 353 g/mol. The number of methoxy groups -OCH3 is 1. The molecule has 0 saturated carbocycles. The SMILES string of the molecule is COc1ccc(CC[C@H](C)[NH+]2CCN(c3cccc(C)c3C)CC2)cc1. The number of ether oxygens (including phenoxy) is 1. The summed E-state index contributed by atoms with van der Waals surface area (Å²) in [5.41, 5.74) is 5.66. The molecule has 1 aliphatic rings. The number of anilines is 1. The fourth-order valence-corrected chi connectivity index (χ4v) is 3.99. The van der Waals surface area contributed by atoms with Crippen molar-refractivity contribution in [3.63, 3.8) is 0 Å². The maximum absolute atomic E-state index is 5.24. The lowest BCUT2D eigenvalue weighted by Crippen LogP contribution is -3.18. The first-order valence-electron chi connectivity index (χ1n) is 9.87. The molecule has 0 unspecified atom stereocenters. The molecule has 2 aromatic carbocycles. The zero-order chi connectivity index (χ0) is 18.5. The van der Waals surface area contributed by atoms with Gasteiger partial charge in [-0.1, -0.05) is 24.3 Å². The average Bonchev–Trinajstić information content (AvgIpc) is 2.69. The van der Waals surface area contributed by atoms with Crippen LogP contribution in [0.3, 0.4) is 0 Å². The van der Waals surface area contributed by atoms with Gasteiger partial charge in [-0.05, 0) is 62.1 Å². The molecule has 1 atom stereocenters. The van der Waals surface area contributed by atoms with Crippen LogP contribution in [0, 0.1) is 13.8 Å². The number of rotatable bonds is 6. The van der Waals surface area contributed by atoms with Gasteiger partial charge in [-0.25, -0.2) is 0 Å². The minimum Gasteiger partial charge on any atom is -0.497 e. The third-order valence-corrected chi connectivity index (χ3v) is 6.04. The second-order valence-electron chi connectivity index (χ2n) is 7.65. The van der Waals surface area contributed by atoms with E-state index >= 15 is 0 Å². The minimum atomic E-state index is 0.706. The zero-order valence-electron chi connectivity index (χ0n) is 16.7. The lowest BCUT2D eigenvalue weighted by atomic mass is 10.0. The predicted molar refractivity (Wildman–Crippen MR) is 110 cm³/mol. The Bertz CT molecular complexity index is 703. The Morgan fingerprint density at radius 3 is 2.38 bits per heavy atom. The Morgan fingerprint density at radius 1 is 1.04 bits per heavy atom. The number of nitrogens with one attached hydrogen (secondary N) is 1. The Morgan fingerprint density at radius 2 is 1.73 bits per heavy atom. The van der Waals surface area contributed by atoms with Crippen LogP contribution in [0.2, 0.25) is 0 Å². The Hall–Kier alpha value is -2.00. The number of benzene rings is 2. The first-order valence-corrected chi connectivity index (χ1v) is 9.87. The van der Waals surface area contributed by atoms with Gasteiger partial charge in [0.15, 0.2) is 0 Å². The molecule has 0 aliphatic carbocycles. The standard InChI is InChI=1S/C23H32N2O/c1-18-6-5-7-23(20(18)3)25-16-14-24(15-17-25)19(2)8-9-21-10-12-22(26-4)13-11-21/h5-7,10-13,19H,8-9,14-17H2,1-4H3/p+1/t19-/m0/s1. The van der Waals surface area contributed by atoms with Crippen molar-refractivity contribution < 1.29 is 9.64 Å². The van der Waals surface area contributed by atoms with Crippen LogP contribution in [0.5, 0.6) is 5.75 Å². The van der Waals surface area contributed by atoms with Gasteiger partial charge >= 0.3 is 0 Å². The van der Waals surface area contributed by atoms with Gasteiger partial charge in [0.2, 0.25) is 0 Å². The highest BCUT2D eigenvalue weighted by Gasteiger charge is 2.25. The Kier molecular flexibility index (Phi) is 6.20. The summed E-state index contributed by atoms with van der Waals surface area (Å²) in [5.74, 6) is 0.940. The quantitative estimate of drug-likeness (QED) is 0.860. The van der Waals surface area contributed by atoms with Crippen molar-refractivity contribution in [1.82, 2.24) is 0 Å². The smallest absolute Gasteiger partial charge is 0.118 e. The lowest BCUT2D eigenvalue weighted by Gasteiger charge is -2.37. The van der Waals surface area contributed by atoms with Gasteiger partial charge < -0.3 is 14.5 Å². The van der Waals surface area contributed by atoms with Crippen molar-refractivity contribution in [2.75, 3.05) is 38.2 Å². The van der Waals surface area contributed by atoms with Crippen LogP contribution in [0.1, 0.15) is 30.0 Å². The number of hydrogen-bond acceptors (Lipinski definition) is 2. The zero-order valence-corrected chi connectivity index (χ0v) is 16.7. The van der Waals surface area contributed by atoms with Gasteiger partial charge in [0.25, 0.3) is 0 Å². The fourth-order valence-electron chi connectivity index (χ4n) is 3.99. The van der Waals surface area contributed by atoms with E-state index in [2.05, 4.69) is 68.1 Å². The summed E-state index contributed by atoms with van der Waals surface area (Å²) in [5, 5.41) is 0. The van der Waals surface area contributed by atoms with Crippen molar-refractivity contribution in [3.8, 4) is 5.75 Å². The summed E-state index contributed by atoms with van der Waals surface area (Å²) in [6, 6.07) is 15.9. The van der Waals surface area contributed by atoms with Crippen LogP contribution in [0.15, 0.2) is 42.5 Å². The van der Waals surface area contributed by atoms with E-state index in [1.165, 1.54) is 41.9 Å². The molecule has 3 rings (SSSR count). The fraction of sp³-hybridized carbons (Fsp3) is 0.478. The number of nitrogens with zero attached hydrogens (tertiary/aromatic N) is 1. The van der Waals surface area contributed by atoms with Gasteiger partial charge in [-0.2, -0.15) is 0 Å². The van der Waals surface area contributed by atoms with Gasteiger partial charge in [0.1, 0.15) is 5.75 Å². The van der Waals surface area contributed by atoms with Crippen molar-refractivity contribution in [2.24, 2.45) is 0 Å². The summed E-state index contributed by atoms with van der Waals surface area (Å²) < 4.78 is 5.24.